The van der Waals surface area contributed by atoms with Crippen LogP contribution in [-0.4, -0.2) is 78.9 Å². The molecule has 0 amide bonds. The Hall–Kier alpha value is -0.280. The first-order valence-electron chi connectivity index (χ1n) is 17.8. The van der Waals surface area contributed by atoms with E-state index in [9.17, 15) is 10.2 Å². The van der Waals surface area contributed by atoms with Crippen LogP contribution in [-0.2, 0) is 18.9 Å². The fraction of sp³-hybridized carbons (Fsp3) is 1.00. The van der Waals surface area contributed by atoms with E-state index in [4.69, 9.17) is 18.9 Å². The summed E-state index contributed by atoms with van der Waals surface area (Å²) in [4.78, 5) is 0. The van der Waals surface area contributed by atoms with Crippen LogP contribution in [0.25, 0.3) is 0 Å². The third-order valence-electron chi connectivity index (χ3n) is 15.4. The molecule has 7 heteroatoms. The molecule has 0 radical (unpaired) electrons. The normalized spacial score (nSPS) is 54.4. The number of hydrogen-bond acceptors (Lipinski definition) is 7. The maximum absolute atomic E-state index is 12.5. The predicted octanol–water partition coefficient (Wildman–Crippen LogP) is 5.31. The summed E-state index contributed by atoms with van der Waals surface area (Å²) in [7, 11) is 0. The molecule has 5 aliphatic carbocycles. The highest BCUT2D eigenvalue weighted by molar-refractivity contribution is 5.33. The van der Waals surface area contributed by atoms with Crippen LogP contribution in [0.5, 0.6) is 0 Å². The Bertz CT molecular complexity index is 1070. The van der Waals surface area contributed by atoms with Gasteiger partial charge < -0.3 is 34.5 Å². The van der Waals surface area contributed by atoms with Gasteiger partial charge in [0.15, 0.2) is 6.29 Å². The van der Waals surface area contributed by atoms with Gasteiger partial charge in [-0.1, -0.05) is 34.6 Å². The van der Waals surface area contributed by atoms with Gasteiger partial charge in [-0.25, -0.2) is 0 Å². The van der Waals surface area contributed by atoms with E-state index in [-0.39, 0.29) is 40.8 Å². The molecule has 43 heavy (non-hydrogen) atoms. The Kier molecular flexibility index (Phi) is 7.37. The van der Waals surface area contributed by atoms with Crippen molar-refractivity contribution in [1.29, 1.82) is 0 Å². The first-order valence-corrected chi connectivity index (χ1v) is 17.8. The zero-order valence-electron chi connectivity index (χ0n) is 28.3. The van der Waals surface area contributed by atoms with Crippen molar-refractivity contribution in [1.82, 2.24) is 5.32 Å². The van der Waals surface area contributed by atoms with Crippen molar-refractivity contribution in [3.8, 4) is 0 Å². The summed E-state index contributed by atoms with van der Waals surface area (Å²) in [6.45, 7) is 20.9. The molecule has 14 atom stereocenters. The largest absolute Gasteiger partial charge is 0.390 e. The van der Waals surface area contributed by atoms with E-state index in [1.807, 2.05) is 20.8 Å². The fourth-order valence-electron chi connectivity index (χ4n) is 13.5. The van der Waals surface area contributed by atoms with Gasteiger partial charge in [0, 0.05) is 25.1 Å². The molecule has 7 nitrogen and oxygen atoms in total. The van der Waals surface area contributed by atoms with E-state index < -0.39 is 17.8 Å². The Balaban J connectivity index is 1.16. The molecule has 5 saturated carbocycles. The van der Waals surface area contributed by atoms with Crippen LogP contribution in [0.4, 0.5) is 0 Å². The summed E-state index contributed by atoms with van der Waals surface area (Å²) in [5.74, 6) is 1.89. The second-order valence-corrected chi connectivity index (χ2v) is 17.7. The quantitative estimate of drug-likeness (QED) is 0.379. The Morgan fingerprint density at radius 2 is 1.74 bits per heavy atom. The summed E-state index contributed by atoms with van der Waals surface area (Å²) >= 11 is 0. The lowest BCUT2D eigenvalue weighted by Crippen LogP contribution is -2.60. The lowest BCUT2D eigenvalue weighted by Gasteiger charge is -2.64. The van der Waals surface area contributed by atoms with Gasteiger partial charge in [0.25, 0.3) is 0 Å². The van der Waals surface area contributed by atoms with Crippen molar-refractivity contribution >= 4 is 0 Å². The summed E-state index contributed by atoms with van der Waals surface area (Å²) in [6.07, 6.45) is 8.19. The van der Waals surface area contributed by atoms with Crippen LogP contribution in [0.2, 0.25) is 0 Å². The van der Waals surface area contributed by atoms with Gasteiger partial charge in [-0.05, 0) is 117 Å². The molecule has 7 aliphatic rings. The van der Waals surface area contributed by atoms with Gasteiger partial charge >= 0.3 is 0 Å². The molecule has 7 rings (SSSR count). The van der Waals surface area contributed by atoms with Gasteiger partial charge in [-0.15, -0.1) is 0 Å². The minimum absolute atomic E-state index is 0.0327. The molecule has 3 N–H and O–H groups in total. The number of nitrogens with one attached hydrogen (secondary N) is 1. The lowest BCUT2D eigenvalue weighted by atomic mass is 9.41. The second-order valence-electron chi connectivity index (χ2n) is 17.7. The molecular formula is C36H61NO6. The van der Waals surface area contributed by atoms with Crippen LogP contribution < -0.4 is 5.32 Å². The molecule has 7 fully saturated rings. The van der Waals surface area contributed by atoms with Crippen LogP contribution in [0.1, 0.15) is 107 Å². The van der Waals surface area contributed by atoms with E-state index in [0.29, 0.717) is 41.1 Å². The van der Waals surface area contributed by atoms with Crippen LogP contribution in [0, 0.1) is 50.7 Å². The molecule has 0 aromatic heterocycles. The molecule has 2 saturated heterocycles. The predicted molar refractivity (Wildman–Crippen MR) is 165 cm³/mol. The fourth-order valence-corrected chi connectivity index (χ4v) is 13.5. The third kappa shape index (κ3) is 4.10. The summed E-state index contributed by atoms with van der Waals surface area (Å²) in [5.41, 5.74) is -0.354. The van der Waals surface area contributed by atoms with Gasteiger partial charge in [0.05, 0.1) is 36.6 Å². The zero-order valence-corrected chi connectivity index (χ0v) is 28.3. The Labute approximate surface area is 260 Å². The van der Waals surface area contributed by atoms with E-state index in [1.54, 1.807) is 0 Å². The molecule has 0 aromatic rings. The van der Waals surface area contributed by atoms with Gasteiger partial charge in [-0.2, -0.15) is 0 Å². The molecule has 0 aromatic carbocycles. The van der Waals surface area contributed by atoms with E-state index in [0.717, 1.165) is 32.5 Å². The first-order chi connectivity index (χ1) is 20.2. The highest BCUT2D eigenvalue weighted by Crippen LogP contribution is 2.89. The lowest BCUT2D eigenvalue weighted by molar-refractivity contribution is -0.237. The topological polar surface area (TPSA) is 89.4 Å². The molecule has 2 unspecified atom stereocenters. The first kappa shape index (κ1) is 31.3. The van der Waals surface area contributed by atoms with Crippen LogP contribution >= 0.6 is 0 Å². The highest BCUT2D eigenvalue weighted by atomic mass is 16.7. The van der Waals surface area contributed by atoms with Crippen molar-refractivity contribution in [2.75, 3.05) is 26.3 Å². The summed E-state index contributed by atoms with van der Waals surface area (Å²) in [5, 5.41) is 27.0. The van der Waals surface area contributed by atoms with Crippen molar-refractivity contribution in [2.45, 2.75) is 149 Å². The number of hydrogen-bond donors (Lipinski definition) is 3. The minimum Gasteiger partial charge on any atom is -0.390 e. The molecule has 2 heterocycles. The number of rotatable bonds is 6. The third-order valence-corrected chi connectivity index (χ3v) is 15.4. The highest BCUT2D eigenvalue weighted by Gasteiger charge is 2.84. The van der Waals surface area contributed by atoms with Crippen molar-refractivity contribution in [2.24, 2.45) is 50.7 Å². The van der Waals surface area contributed by atoms with Crippen molar-refractivity contribution in [3.63, 3.8) is 0 Å². The standard InChI is InChI=1S/C36H61NO6/c1-9-40-30(32(5,6)39)22-18-21(2)27-28(42-22)29(38)34(8)24-11-10-23-31(3,4)25(43-26-19-37-16-17-41-26)12-13-35(23)20-36(24,35)15-14-33(27,34)7/h21-30,37-39H,9-20H2,1-8H3/t21-,22-,23+,24+,25?,26+,27+,28+,29+,30+,33-,34-,35?,36+/m1/s1. The zero-order chi connectivity index (χ0) is 30.8. The van der Waals surface area contributed by atoms with Gasteiger partial charge in [0.1, 0.15) is 6.10 Å². The minimum atomic E-state index is -1.00. The van der Waals surface area contributed by atoms with E-state index >= 15 is 0 Å². The van der Waals surface area contributed by atoms with Crippen LogP contribution in [0.3, 0.4) is 0 Å². The smallest absolute Gasteiger partial charge is 0.170 e. The number of morpholine rings is 1. The molecule has 246 valence electrons. The van der Waals surface area contributed by atoms with E-state index in [1.165, 1.54) is 38.5 Å². The molecular weight excluding hydrogens is 542 g/mol. The Morgan fingerprint density at radius 3 is 2.42 bits per heavy atom. The van der Waals surface area contributed by atoms with Gasteiger partial charge in [0.2, 0.25) is 0 Å². The maximum Gasteiger partial charge on any atom is 0.170 e. The molecule has 0 bridgehead atoms. The Morgan fingerprint density at radius 1 is 1.02 bits per heavy atom. The molecule has 2 spiro atoms. The average Bonchev–Trinajstić information content (AvgIpc) is 3.58. The number of aliphatic hydroxyl groups is 2. The SMILES string of the molecule is CCO[C@@H]([C@H]1C[C@@H](C)[C@H]2[C@H](O1)[C@H](O)[C@@]1(C)[C@@H]3CC[C@H]4C(C)(C)C(O[C@H]5CNCCO5)CCC45C[C@@]35CC[C@]21C)C(C)(C)O. The van der Waals surface area contributed by atoms with Crippen LogP contribution in [0.15, 0.2) is 0 Å². The van der Waals surface area contributed by atoms with Gasteiger partial charge in [-0.3, -0.25) is 0 Å². The second kappa shape index (κ2) is 10.1. The van der Waals surface area contributed by atoms with E-state index in [2.05, 4.69) is 39.9 Å². The monoisotopic (exact) mass is 603 g/mol. The number of fused-ring (bicyclic) bond motifs is 4. The average molecular weight is 604 g/mol. The summed E-state index contributed by atoms with van der Waals surface area (Å²) in [6, 6.07) is 0. The number of aliphatic hydroxyl groups excluding tert-OH is 1. The summed E-state index contributed by atoms with van der Waals surface area (Å²) < 4.78 is 25.7. The van der Waals surface area contributed by atoms with Crippen molar-refractivity contribution in [3.05, 3.63) is 0 Å². The molecule has 2 aliphatic heterocycles. The van der Waals surface area contributed by atoms with Crippen molar-refractivity contribution < 1.29 is 29.2 Å². The number of ether oxygens (including phenoxy) is 4. The maximum atomic E-state index is 12.5.